The average molecular weight is 421 g/mol. The zero-order chi connectivity index (χ0) is 21.1. The molecule has 1 N–H and O–H groups in total. The fraction of sp³-hybridized carbons (Fsp3) is 0.381. The molecule has 2 aromatic carbocycles. The van der Waals surface area contributed by atoms with Crippen LogP contribution in [0.2, 0.25) is 0 Å². The van der Waals surface area contributed by atoms with Crippen molar-refractivity contribution < 1.29 is 22.7 Å². The highest BCUT2D eigenvalue weighted by atomic mass is 32.2. The third-order valence-electron chi connectivity index (χ3n) is 4.14. The van der Waals surface area contributed by atoms with Crippen molar-refractivity contribution in [2.24, 2.45) is 0 Å². The summed E-state index contributed by atoms with van der Waals surface area (Å²) in [7, 11) is -2.28. The number of rotatable bonds is 12. The quantitative estimate of drug-likeness (QED) is 0.533. The lowest BCUT2D eigenvalue weighted by Gasteiger charge is -2.22. The van der Waals surface area contributed by atoms with Crippen LogP contribution in [0.5, 0.6) is 5.75 Å². The molecule has 8 heteroatoms. The highest BCUT2D eigenvalue weighted by Gasteiger charge is 2.27. The average Bonchev–Trinajstić information content (AvgIpc) is 2.72. The number of hydrogen-bond donors (Lipinski definition) is 1. The van der Waals surface area contributed by atoms with E-state index in [1.807, 2.05) is 37.3 Å². The number of hydrogen-bond acceptors (Lipinski definition) is 5. The number of nitrogens with one attached hydrogen (secondary N) is 1. The van der Waals surface area contributed by atoms with Gasteiger partial charge in [-0.15, -0.1) is 0 Å². The molecule has 0 heterocycles. The zero-order valence-corrected chi connectivity index (χ0v) is 17.7. The van der Waals surface area contributed by atoms with E-state index in [4.69, 9.17) is 9.47 Å². The second kappa shape index (κ2) is 11.5. The Balaban J connectivity index is 2.19. The molecule has 1 amide bonds. The first-order chi connectivity index (χ1) is 14.0. The number of carbonyl (C=O) groups excluding carboxylic acids is 1. The molecule has 0 aliphatic rings. The Morgan fingerprint density at radius 2 is 1.76 bits per heavy atom. The van der Waals surface area contributed by atoms with Gasteiger partial charge in [0.25, 0.3) is 0 Å². The summed E-state index contributed by atoms with van der Waals surface area (Å²) in [4.78, 5) is 12.5. The molecular formula is C21H28N2O5S. The SMILES string of the molecule is CCOc1ccc(S(=O)(=O)N(CC(=O)NCCCOC)Cc2ccccc2)cc1. The Morgan fingerprint density at radius 1 is 1.07 bits per heavy atom. The van der Waals surface area contributed by atoms with Crippen molar-refractivity contribution in [2.45, 2.75) is 24.8 Å². The van der Waals surface area contributed by atoms with E-state index in [1.165, 1.54) is 16.4 Å². The third-order valence-corrected chi connectivity index (χ3v) is 5.95. The fourth-order valence-electron chi connectivity index (χ4n) is 2.70. The van der Waals surface area contributed by atoms with Crippen LogP contribution >= 0.6 is 0 Å². The fourth-order valence-corrected chi connectivity index (χ4v) is 4.08. The second-order valence-corrected chi connectivity index (χ2v) is 8.30. The molecule has 0 aromatic heterocycles. The third kappa shape index (κ3) is 7.16. The Hall–Kier alpha value is -2.42. The van der Waals surface area contributed by atoms with Crippen LogP contribution in [-0.4, -0.2) is 52.0 Å². The first kappa shape index (κ1) is 22.9. The molecule has 0 spiro atoms. The number of benzene rings is 2. The highest BCUT2D eigenvalue weighted by molar-refractivity contribution is 7.89. The van der Waals surface area contributed by atoms with Crippen molar-refractivity contribution in [1.82, 2.24) is 9.62 Å². The van der Waals surface area contributed by atoms with E-state index in [9.17, 15) is 13.2 Å². The van der Waals surface area contributed by atoms with Crippen LogP contribution in [0.1, 0.15) is 18.9 Å². The van der Waals surface area contributed by atoms with Gasteiger partial charge in [-0.3, -0.25) is 4.79 Å². The van der Waals surface area contributed by atoms with Gasteiger partial charge < -0.3 is 14.8 Å². The summed E-state index contributed by atoms with van der Waals surface area (Å²) in [6.45, 7) is 3.14. The second-order valence-electron chi connectivity index (χ2n) is 6.36. The molecule has 0 aliphatic heterocycles. The minimum Gasteiger partial charge on any atom is -0.494 e. The van der Waals surface area contributed by atoms with E-state index in [0.29, 0.717) is 31.9 Å². The summed E-state index contributed by atoms with van der Waals surface area (Å²) in [6, 6.07) is 15.4. The van der Waals surface area contributed by atoms with Gasteiger partial charge in [0.1, 0.15) is 5.75 Å². The molecule has 0 bridgehead atoms. The Labute approximate surface area is 172 Å². The lowest BCUT2D eigenvalue weighted by Crippen LogP contribution is -2.40. The Kier molecular flexibility index (Phi) is 9.11. The summed E-state index contributed by atoms with van der Waals surface area (Å²) in [5, 5.41) is 2.74. The summed E-state index contributed by atoms with van der Waals surface area (Å²) in [5.74, 6) is 0.239. The topological polar surface area (TPSA) is 84.9 Å². The van der Waals surface area contributed by atoms with Gasteiger partial charge in [-0.1, -0.05) is 30.3 Å². The lowest BCUT2D eigenvalue weighted by atomic mass is 10.2. The van der Waals surface area contributed by atoms with E-state index in [-0.39, 0.29) is 23.9 Å². The number of amides is 1. The molecule has 0 saturated heterocycles. The summed E-state index contributed by atoms with van der Waals surface area (Å²) in [6.07, 6.45) is 0.659. The van der Waals surface area contributed by atoms with Gasteiger partial charge >= 0.3 is 0 Å². The zero-order valence-electron chi connectivity index (χ0n) is 16.8. The van der Waals surface area contributed by atoms with E-state index < -0.39 is 10.0 Å². The van der Waals surface area contributed by atoms with Gasteiger partial charge in [0.2, 0.25) is 15.9 Å². The maximum atomic E-state index is 13.2. The summed E-state index contributed by atoms with van der Waals surface area (Å²) < 4.78 is 37.9. The largest absolute Gasteiger partial charge is 0.494 e. The van der Waals surface area contributed by atoms with Crippen molar-refractivity contribution in [1.29, 1.82) is 0 Å². The van der Waals surface area contributed by atoms with Crippen LogP contribution in [-0.2, 0) is 26.1 Å². The van der Waals surface area contributed by atoms with Crippen LogP contribution < -0.4 is 10.1 Å². The molecule has 0 saturated carbocycles. The predicted molar refractivity (Wildman–Crippen MR) is 111 cm³/mol. The van der Waals surface area contributed by atoms with Crippen molar-refractivity contribution >= 4 is 15.9 Å². The molecule has 0 aliphatic carbocycles. The van der Waals surface area contributed by atoms with E-state index in [2.05, 4.69) is 5.32 Å². The maximum Gasteiger partial charge on any atom is 0.243 e. The normalized spacial score (nSPS) is 11.4. The minimum atomic E-state index is -3.87. The van der Waals surface area contributed by atoms with Crippen LogP contribution in [0.3, 0.4) is 0 Å². The number of nitrogens with zero attached hydrogens (tertiary/aromatic N) is 1. The van der Waals surface area contributed by atoms with Crippen molar-refractivity contribution in [3.05, 3.63) is 60.2 Å². The Bertz CT molecular complexity index is 854. The Morgan fingerprint density at radius 3 is 2.38 bits per heavy atom. The van der Waals surface area contributed by atoms with Gasteiger partial charge in [0.15, 0.2) is 0 Å². The van der Waals surface area contributed by atoms with E-state index in [1.54, 1.807) is 19.2 Å². The standard InChI is InChI=1S/C21H28N2O5S/c1-3-28-19-10-12-20(13-11-19)29(25,26)23(16-18-8-5-4-6-9-18)17-21(24)22-14-7-15-27-2/h4-6,8-13H,3,7,14-17H2,1-2H3,(H,22,24). The lowest BCUT2D eigenvalue weighted by molar-refractivity contribution is -0.121. The molecule has 29 heavy (non-hydrogen) atoms. The highest BCUT2D eigenvalue weighted by Crippen LogP contribution is 2.21. The van der Waals surface area contributed by atoms with Crippen LogP contribution in [0.4, 0.5) is 0 Å². The smallest absolute Gasteiger partial charge is 0.243 e. The van der Waals surface area contributed by atoms with Crippen LogP contribution in [0.25, 0.3) is 0 Å². The molecule has 0 unspecified atom stereocenters. The number of sulfonamides is 1. The number of carbonyl (C=O) groups is 1. The molecule has 158 valence electrons. The van der Waals surface area contributed by atoms with Gasteiger partial charge in [-0.2, -0.15) is 4.31 Å². The first-order valence-electron chi connectivity index (χ1n) is 9.50. The van der Waals surface area contributed by atoms with Gasteiger partial charge in [0.05, 0.1) is 18.0 Å². The van der Waals surface area contributed by atoms with E-state index >= 15 is 0 Å². The van der Waals surface area contributed by atoms with Crippen LogP contribution in [0.15, 0.2) is 59.5 Å². The van der Waals surface area contributed by atoms with Crippen molar-refractivity contribution in [3.63, 3.8) is 0 Å². The van der Waals surface area contributed by atoms with Gasteiger partial charge in [-0.05, 0) is 43.2 Å². The number of methoxy groups -OCH3 is 1. The molecule has 0 fully saturated rings. The molecule has 2 rings (SSSR count). The van der Waals surface area contributed by atoms with Gasteiger partial charge in [-0.25, -0.2) is 8.42 Å². The maximum absolute atomic E-state index is 13.2. The molecule has 2 aromatic rings. The molecule has 7 nitrogen and oxygen atoms in total. The van der Waals surface area contributed by atoms with Crippen molar-refractivity contribution in [3.8, 4) is 5.75 Å². The van der Waals surface area contributed by atoms with Crippen molar-refractivity contribution in [2.75, 3.05) is 33.4 Å². The number of ether oxygens (including phenoxy) is 2. The molecule has 0 atom stereocenters. The monoisotopic (exact) mass is 420 g/mol. The van der Waals surface area contributed by atoms with Crippen LogP contribution in [0, 0.1) is 0 Å². The molecule has 0 radical (unpaired) electrons. The van der Waals surface area contributed by atoms with Gasteiger partial charge in [0, 0.05) is 26.8 Å². The molecular weight excluding hydrogens is 392 g/mol. The predicted octanol–water partition coefficient (Wildman–Crippen LogP) is 2.43. The summed E-state index contributed by atoms with van der Waals surface area (Å²) in [5.41, 5.74) is 0.800. The summed E-state index contributed by atoms with van der Waals surface area (Å²) >= 11 is 0. The minimum absolute atomic E-state index is 0.0991. The van der Waals surface area contributed by atoms with E-state index in [0.717, 1.165) is 5.56 Å². The first-order valence-corrected chi connectivity index (χ1v) is 10.9.